The largest absolute Gasteiger partial charge is 0.388 e. The van der Waals surface area contributed by atoms with Gasteiger partial charge in [0.2, 0.25) is 0 Å². The number of aldehydes is 1. The molecule has 0 bridgehead atoms. The highest BCUT2D eigenvalue weighted by Crippen LogP contribution is 2.25. The zero-order valence-electron chi connectivity index (χ0n) is 11.8. The van der Waals surface area contributed by atoms with Crippen LogP contribution in [0.2, 0.25) is 0 Å². The van der Waals surface area contributed by atoms with Crippen molar-refractivity contribution in [2.45, 2.75) is 18.9 Å². The van der Waals surface area contributed by atoms with Crippen LogP contribution in [-0.4, -0.2) is 28.5 Å². The Labute approximate surface area is 136 Å². The van der Waals surface area contributed by atoms with Crippen LogP contribution in [-0.2, 0) is 4.79 Å². The molecule has 2 aromatic rings. The zero-order chi connectivity index (χ0) is 15.5. The fourth-order valence-electron chi connectivity index (χ4n) is 2.43. The molecular formula is C16H15BrN4O. The van der Waals surface area contributed by atoms with Crippen LogP contribution in [0.15, 0.2) is 35.1 Å². The molecule has 6 heteroatoms. The van der Waals surface area contributed by atoms with E-state index in [0.29, 0.717) is 17.3 Å². The van der Waals surface area contributed by atoms with E-state index in [2.05, 4.69) is 31.2 Å². The summed E-state index contributed by atoms with van der Waals surface area (Å²) in [5.41, 5.74) is 2.93. The van der Waals surface area contributed by atoms with Gasteiger partial charge in [0.1, 0.15) is 6.29 Å². The summed E-state index contributed by atoms with van der Waals surface area (Å²) in [5.74, 6) is 0.174. The number of allylic oxidation sites excluding steroid dienone is 1. The average Bonchev–Trinajstić information content (AvgIpc) is 2.49. The summed E-state index contributed by atoms with van der Waals surface area (Å²) < 4.78 is 0.959. The minimum absolute atomic E-state index is 0.174. The molecule has 1 aromatic heterocycles. The number of hydrogen-bond donors (Lipinski definition) is 2. The maximum Gasteiger partial charge on any atom is 0.123 e. The topological polar surface area (TPSA) is 78.7 Å². The minimum atomic E-state index is 0.174. The normalized spacial score (nSPS) is 21.2. The third-order valence-corrected chi connectivity index (χ3v) is 4.29. The number of carbonyl (C=O) groups is 1. The molecule has 0 amide bonds. The van der Waals surface area contributed by atoms with Crippen molar-refractivity contribution in [2.75, 3.05) is 0 Å². The van der Waals surface area contributed by atoms with Gasteiger partial charge in [-0.1, -0.05) is 15.9 Å². The van der Waals surface area contributed by atoms with E-state index in [1.807, 2.05) is 18.2 Å². The monoisotopic (exact) mass is 358 g/mol. The van der Waals surface area contributed by atoms with Crippen molar-refractivity contribution in [1.29, 1.82) is 5.41 Å². The standard InChI is InChI=1S/C16H15BrN4O/c17-12-1-2-14-15(5-12)20-8-16(21-14)11(6-18)7-19-13-3-10(4-13)9-22/h1-2,5-10,13,18-19H,3-4H2/b11-7+,18-6?. The van der Waals surface area contributed by atoms with Crippen molar-refractivity contribution >= 4 is 45.0 Å². The Morgan fingerprint density at radius 1 is 1.36 bits per heavy atom. The summed E-state index contributed by atoms with van der Waals surface area (Å²) in [6, 6.07) is 6.02. The van der Waals surface area contributed by atoms with E-state index < -0.39 is 0 Å². The molecular weight excluding hydrogens is 344 g/mol. The quantitative estimate of drug-likeness (QED) is 0.636. The molecule has 0 atom stereocenters. The van der Waals surface area contributed by atoms with E-state index in [1.54, 1.807) is 12.4 Å². The second-order valence-electron chi connectivity index (χ2n) is 5.36. The smallest absolute Gasteiger partial charge is 0.123 e. The van der Waals surface area contributed by atoms with Gasteiger partial charge in [0.05, 0.1) is 22.9 Å². The number of nitrogens with zero attached hydrogens (tertiary/aromatic N) is 2. The lowest BCUT2D eigenvalue weighted by molar-refractivity contribution is -0.113. The van der Waals surface area contributed by atoms with Crippen molar-refractivity contribution in [3.63, 3.8) is 0 Å². The van der Waals surface area contributed by atoms with E-state index in [9.17, 15) is 4.79 Å². The van der Waals surface area contributed by atoms with Crippen LogP contribution in [0.25, 0.3) is 16.6 Å². The summed E-state index contributed by atoms with van der Waals surface area (Å²) in [5, 5.41) is 10.8. The Balaban J connectivity index is 1.79. The average molecular weight is 359 g/mol. The predicted octanol–water partition coefficient (Wildman–Crippen LogP) is 2.95. The van der Waals surface area contributed by atoms with E-state index in [-0.39, 0.29) is 5.92 Å². The van der Waals surface area contributed by atoms with Crippen LogP contribution >= 0.6 is 15.9 Å². The van der Waals surface area contributed by atoms with Gasteiger partial charge in [0, 0.05) is 34.4 Å². The maximum atomic E-state index is 10.6. The van der Waals surface area contributed by atoms with Gasteiger partial charge < -0.3 is 15.5 Å². The van der Waals surface area contributed by atoms with Gasteiger partial charge in [-0.25, -0.2) is 4.98 Å². The number of hydrogen-bond acceptors (Lipinski definition) is 5. The number of benzene rings is 1. The lowest BCUT2D eigenvalue weighted by Gasteiger charge is -2.31. The van der Waals surface area contributed by atoms with Gasteiger partial charge in [0.25, 0.3) is 0 Å². The van der Waals surface area contributed by atoms with Crippen LogP contribution in [0.4, 0.5) is 0 Å². The summed E-state index contributed by atoms with van der Waals surface area (Å²) in [6.07, 6.45) is 7.42. The molecule has 1 heterocycles. The van der Waals surface area contributed by atoms with E-state index in [0.717, 1.165) is 34.6 Å². The zero-order valence-corrected chi connectivity index (χ0v) is 13.4. The number of aromatic nitrogens is 2. The molecule has 5 nitrogen and oxygen atoms in total. The van der Waals surface area contributed by atoms with E-state index >= 15 is 0 Å². The molecule has 1 fully saturated rings. The van der Waals surface area contributed by atoms with Gasteiger partial charge in [-0.05, 0) is 31.0 Å². The molecule has 0 spiro atoms. The molecule has 0 aliphatic heterocycles. The third kappa shape index (κ3) is 3.06. The van der Waals surface area contributed by atoms with Crippen molar-refractivity contribution in [2.24, 2.45) is 5.92 Å². The maximum absolute atomic E-state index is 10.6. The van der Waals surface area contributed by atoms with Gasteiger partial charge in [0.15, 0.2) is 0 Å². The second-order valence-corrected chi connectivity index (χ2v) is 6.28. The van der Waals surface area contributed by atoms with Crippen molar-refractivity contribution in [1.82, 2.24) is 15.3 Å². The summed E-state index contributed by atoms with van der Waals surface area (Å²) in [6.45, 7) is 0. The van der Waals surface area contributed by atoms with Gasteiger partial charge >= 0.3 is 0 Å². The Bertz CT molecular complexity index is 753. The number of nitrogens with one attached hydrogen (secondary N) is 2. The first-order valence-electron chi connectivity index (χ1n) is 7.04. The van der Waals surface area contributed by atoms with Crippen LogP contribution in [0.1, 0.15) is 18.5 Å². The van der Waals surface area contributed by atoms with Gasteiger partial charge in [-0.15, -0.1) is 0 Å². The molecule has 112 valence electrons. The number of fused-ring (bicyclic) bond motifs is 1. The van der Waals surface area contributed by atoms with Crippen LogP contribution in [0, 0.1) is 11.3 Å². The summed E-state index contributed by atoms with van der Waals surface area (Å²) in [7, 11) is 0. The van der Waals surface area contributed by atoms with Crippen molar-refractivity contribution in [3.05, 3.63) is 40.8 Å². The van der Waals surface area contributed by atoms with Crippen LogP contribution in [0.5, 0.6) is 0 Å². The van der Waals surface area contributed by atoms with Gasteiger partial charge in [-0.3, -0.25) is 4.98 Å². The molecule has 1 aromatic carbocycles. The van der Waals surface area contributed by atoms with E-state index in [4.69, 9.17) is 5.41 Å². The first kappa shape index (κ1) is 14.8. The molecule has 0 unspecified atom stereocenters. The number of rotatable bonds is 5. The third-order valence-electron chi connectivity index (χ3n) is 3.80. The minimum Gasteiger partial charge on any atom is -0.388 e. The number of carbonyl (C=O) groups excluding carboxylic acids is 1. The molecule has 0 radical (unpaired) electrons. The van der Waals surface area contributed by atoms with E-state index in [1.165, 1.54) is 6.21 Å². The highest BCUT2D eigenvalue weighted by Gasteiger charge is 2.27. The summed E-state index contributed by atoms with van der Waals surface area (Å²) in [4.78, 5) is 19.5. The van der Waals surface area contributed by atoms with Gasteiger partial charge in [-0.2, -0.15) is 0 Å². The Morgan fingerprint density at radius 2 is 2.18 bits per heavy atom. The molecule has 1 aliphatic carbocycles. The highest BCUT2D eigenvalue weighted by molar-refractivity contribution is 9.10. The Morgan fingerprint density at radius 3 is 2.91 bits per heavy atom. The van der Waals surface area contributed by atoms with Crippen molar-refractivity contribution < 1.29 is 4.79 Å². The molecule has 1 saturated carbocycles. The van der Waals surface area contributed by atoms with Crippen LogP contribution < -0.4 is 5.32 Å². The molecule has 3 rings (SSSR count). The SMILES string of the molecule is N=C/C(=C\NC1CC(C=O)C1)c1cnc2cc(Br)ccc2n1. The van der Waals surface area contributed by atoms with Crippen molar-refractivity contribution in [3.8, 4) is 0 Å². The fraction of sp³-hybridized carbons (Fsp3) is 0.250. The fourth-order valence-corrected chi connectivity index (χ4v) is 2.78. The summed E-state index contributed by atoms with van der Waals surface area (Å²) >= 11 is 3.41. The first-order valence-corrected chi connectivity index (χ1v) is 7.83. The molecule has 2 N–H and O–H groups in total. The molecule has 0 saturated heterocycles. The highest BCUT2D eigenvalue weighted by atomic mass is 79.9. The Kier molecular flexibility index (Phi) is 4.29. The Hall–Kier alpha value is -2.08. The number of halogens is 1. The predicted molar refractivity (Wildman–Crippen MR) is 89.7 cm³/mol. The molecule has 22 heavy (non-hydrogen) atoms. The second kappa shape index (κ2) is 6.36. The molecule has 1 aliphatic rings. The lowest BCUT2D eigenvalue weighted by atomic mass is 9.81. The first-order chi connectivity index (χ1) is 10.7. The van der Waals surface area contributed by atoms with Crippen LogP contribution in [0.3, 0.4) is 0 Å². The lowest BCUT2D eigenvalue weighted by Crippen LogP contribution is -2.39.